The third kappa shape index (κ3) is 7.77. The first-order chi connectivity index (χ1) is 8.60. The van der Waals surface area contributed by atoms with Gasteiger partial charge in [-0.05, 0) is 47.5 Å². The molecule has 1 nitrogen and oxygen atoms in total. The number of aromatic nitrogens is 1. The van der Waals surface area contributed by atoms with Crippen LogP contribution in [0.4, 0.5) is 0 Å². The smallest absolute Gasteiger partial charge is 0.0409 e. The van der Waals surface area contributed by atoms with Crippen LogP contribution in [-0.4, -0.2) is 4.37 Å². The van der Waals surface area contributed by atoms with Gasteiger partial charge in [0.25, 0.3) is 0 Å². The molecule has 0 saturated carbocycles. The van der Waals surface area contributed by atoms with Gasteiger partial charge in [0.05, 0.1) is 0 Å². The van der Waals surface area contributed by atoms with Gasteiger partial charge in [-0.3, -0.25) is 0 Å². The molecule has 2 rings (SSSR count). The molecule has 0 aliphatic rings. The molecular weight excluding hydrogens is 294 g/mol. The standard InChI is InChI=1S/C9H14S.C7H11NS.2CH4/c1-7-5-6-8(10-7)9(2,3)4;1-7(2,3)6-4-5-8-9-6;;/h5-6H,1-4H3;4-5H,1-3H3;2*1H4. The summed E-state index contributed by atoms with van der Waals surface area (Å²) in [7, 11) is 0. The van der Waals surface area contributed by atoms with Crippen molar-refractivity contribution >= 4 is 22.9 Å². The Hall–Kier alpha value is -0.670. The third-order valence-corrected chi connectivity index (χ3v) is 5.26. The first kappa shape index (κ1) is 22.6. The van der Waals surface area contributed by atoms with E-state index in [1.54, 1.807) is 11.5 Å². The summed E-state index contributed by atoms with van der Waals surface area (Å²) in [4.78, 5) is 4.23. The van der Waals surface area contributed by atoms with Crippen LogP contribution in [0.3, 0.4) is 0 Å². The lowest BCUT2D eigenvalue weighted by molar-refractivity contribution is 0.603. The van der Waals surface area contributed by atoms with Gasteiger partial charge in [-0.15, -0.1) is 11.3 Å². The minimum absolute atomic E-state index is 0. The molecule has 0 spiro atoms. The van der Waals surface area contributed by atoms with Gasteiger partial charge in [0.2, 0.25) is 0 Å². The van der Waals surface area contributed by atoms with E-state index in [-0.39, 0.29) is 20.3 Å². The molecule has 3 heteroatoms. The van der Waals surface area contributed by atoms with E-state index in [1.165, 1.54) is 14.6 Å². The highest BCUT2D eigenvalue weighted by Gasteiger charge is 2.15. The summed E-state index contributed by atoms with van der Waals surface area (Å²) >= 11 is 3.47. The molecule has 0 radical (unpaired) electrons. The summed E-state index contributed by atoms with van der Waals surface area (Å²) in [5.74, 6) is 0. The van der Waals surface area contributed by atoms with Gasteiger partial charge in [-0.1, -0.05) is 56.4 Å². The zero-order chi connectivity index (χ0) is 14.7. The van der Waals surface area contributed by atoms with E-state index in [0.717, 1.165) is 0 Å². The number of aryl methyl sites for hydroxylation is 1. The Kier molecular flexibility index (Phi) is 9.36. The average molecular weight is 328 g/mol. The zero-order valence-electron chi connectivity index (χ0n) is 13.1. The third-order valence-electron chi connectivity index (χ3n) is 2.66. The van der Waals surface area contributed by atoms with Crippen LogP contribution in [0.2, 0.25) is 0 Å². The maximum Gasteiger partial charge on any atom is 0.0409 e. The lowest BCUT2D eigenvalue weighted by Gasteiger charge is -2.14. The first-order valence-electron chi connectivity index (χ1n) is 6.59. The predicted molar refractivity (Wildman–Crippen MR) is 102 cm³/mol. The lowest BCUT2D eigenvalue weighted by Crippen LogP contribution is -2.07. The van der Waals surface area contributed by atoms with Gasteiger partial charge in [-0.25, -0.2) is 4.37 Å². The molecule has 2 heterocycles. The van der Waals surface area contributed by atoms with Crippen molar-refractivity contribution in [1.82, 2.24) is 4.37 Å². The van der Waals surface area contributed by atoms with Gasteiger partial charge in [0.15, 0.2) is 0 Å². The van der Waals surface area contributed by atoms with E-state index < -0.39 is 0 Å². The van der Waals surface area contributed by atoms with Gasteiger partial charge < -0.3 is 0 Å². The minimum atomic E-state index is 0. The van der Waals surface area contributed by atoms with E-state index in [0.29, 0.717) is 5.41 Å². The Morgan fingerprint density at radius 2 is 1.33 bits per heavy atom. The monoisotopic (exact) mass is 327 g/mol. The molecule has 0 N–H and O–H groups in total. The van der Waals surface area contributed by atoms with Crippen molar-refractivity contribution in [3.8, 4) is 0 Å². The van der Waals surface area contributed by atoms with Crippen LogP contribution in [0.15, 0.2) is 24.4 Å². The fourth-order valence-electron chi connectivity index (χ4n) is 1.44. The molecule has 0 unspecified atom stereocenters. The van der Waals surface area contributed by atoms with Crippen LogP contribution in [0, 0.1) is 6.92 Å². The van der Waals surface area contributed by atoms with Gasteiger partial charge in [0.1, 0.15) is 0 Å². The molecule has 0 aliphatic heterocycles. The second-order valence-corrected chi connectivity index (χ2v) is 8.91. The van der Waals surface area contributed by atoms with E-state index >= 15 is 0 Å². The number of hydrogen-bond donors (Lipinski definition) is 0. The Bertz CT molecular complexity index is 482. The van der Waals surface area contributed by atoms with Crippen molar-refractivity contribution in [2.75, 3.05) is 0 Å². The summed E-state index contributed by atoms with van der Waals surface area (Å²) in [5.41, 5.74) is 0.611. The summed E-state index contributed by atoms with van der Waals surface area (Å²) in [6.45, 7) is 15.5. The molecular formula is C18H33NS2. The predicted octanol–water partition coefficient (Wildman–Crippen LogP) is 7.07. The second kappa shape index (κ2) is 8.70. The maximum absolute atomic E-state index is 4.03. The molecule has 0 atom stereocenters. The second-order valence-electron chi connectivity index (χ2n) is 6.79. The minimum Gasteiger partial charge on any atom is -0.201 e. The van der Waals surface area contributed by atoms with Crippen molar-refractivity contribution in [3.05, 3.63) is 39.0 Å². The van der Waals surface area contributed by atoms with Gasteiger partial charge >= 0.3 is 0 Å². The zero-order valence-corrected chi connectivity index (χ0v) is 14.7. The topological polar surface area (TPSA) is 12.9 Å². The van der Waals surface area contributed by atoms with Gasteiger partial charge in [-0.2, -0.15) is 0 Å². The SMILES string of the molecule is C.C.CC(C)(C)c1ccns1.Cc1ccc(C(C)(C)C)s1. The highest BCUT2D eigenvalue weighted by Crippen LogP contribution is 2.28. The Balaban J connectivity index is 0. The molecule has 0 aromatic carbocycles. The van der Waals surface area contributed by atoms with E-state index in [4.69, 9.17) is 0 Å². The van der Waals surface area contributed by atoms with Crippen molar-refractivity contribution in [2.24, 2.45) is 0 Å². The summed E-state index contributed by atoms with van der Waals surface area (Å²) in [6.07, 6.45) is 1.85. The largest absolute Gasteiger partial charge is 0.201 e. The van der Waals surface area contributed by atoms with Crippen LogP contribution < -0.4 is 0 Å². The molecule has 0 aliphatic carbocycles. The lowest BCUT2D eigenvalue weighted by atomic mass is 9.95. The van der Waals surface area contributed by atoms with Gasteiger partial charge in [0, 0.05) is 20.8 Å². The Morgan fingerprint density at radius 3 is 1.52 bits per heavy atom. The Labute approximate surface area is 140 Å². The van der Waals surface area contributed by atoms with Crippen molar-refractivity contribution in [1.29, 1.82) is 0 Å². The maximum atomic E-state index is 4.03. The van der Waals surface area contributed by atoms with E-state index in [9.17, 15) is 0 Å². The normalized spacial score (nSPS) is 10.8. The molecule has 0 bridgehead atoms. The summed E-state index contributed by atoms with van der Waals surface area (Å²) < 4.78 is 4.03. The van der Waals surface area contributed by atoms with Crippen LogP contribution in [0.5, 0.6) is 0 Å². The fraction of sp³-hybridized carbons (Fsp3) is 0.611. The summed E-state index contributed by atoms with van der Waals surface area (Å²) in [6, 6.07) is 6.48. The van der Waals surface area contributed by atoms with Crippen LogP contribution >= 0.6 is 22.9 Å². The van der Waals surface area contributed by atoms with E-state index in [1.807, 2.05) is 17.5 Å². The van der Waals surface area contributed by atoms with Crippen molar-refractivity contribution in [3.63, 3.8) is 0 Å². The van der Waals surface area contributed by atoms with Crippen LogP contribution in [0.25, 0.3) is 0 Å². The molecule has 2 aromatic rings. The van der Waals surface area contributed by atoms with Crippen molar-refractivity contribution < 1.29 is 0 Å². The first-order valence-corrected chi connectivity index (χ1v) is 8.18. The van der Waals surface area contributed by atoms with E-state index in [2.05, 4.69) is 71.0 Å². The number of rotatable bonds is 0. The summed E-state index contributed by atoms with van der Waals surface area (Å²) in [5, 5.41) is 0. The average Bonchev–Trinajstić information content (AvgIpc) is 2.84. The molecule has 0 amide bonds. The fourth-order valence-corrected chi connectivity index (χ4v) is 3.00. The van der Waals surface area contributed by atoms with Crippen molar-refractivity contribution in [2.45, 2.75) is 74.1 Å². The van der Waals surface area contributed by atoms with Crippen LogP contribution in [0.1, 0.15) is 71.0 Å². The molecule has 0 saturated heterocycles. The number of thiophene rings is 1. The molecule has 0 fully saturated rings. The number of hydrogen-bond acceptors (Lipinski definition) is 3. The number of nitrogens with zero attached hydrogens (tertiary/aromatic N) is 1. The Morgan fingerprint density at radius 1 is 0.810 bits per heavy atom. The highest BCUT2D eigenvalue weighted by molar-refractivity contribution is 7.12. The van der Waals surface area contributed by atoms with Crippen LogP contribution in [-0.2, 0) is 10.8 Å². The molecule has 21 heavy (non-hydrogen) atoms. The molecule has 122 valence electrons. The quantitative estimate of drug-likeness (QED) is 0.504. The highest BCUT2D eigenvalue weighted by atomic mass is 32.1. The molecule has 2 aromatic heterocycles.